The Bertz CT molecular complexity index is 1270. The molecule has 32 heavy (non-hydrogen) atoms. The Morgan fingerprint density at radius 2 is 1.78 bits per heavy atom. The Morgan fingerprint density at radius 3 is 2.50 bits per heavy atom. The SMILES string of the molecule is COc1ccccc1-n1c(C)cc(/C=C2\SC(=O)N(Cc3ccc(Cl)c(Cl)c3)C2=O)c1C. The third kappa shape index (κ3) is 4.18. The summed E-state index contributed by atoms with van der Waals surface area (Å²) in [6.45, 7) is 4.11. The number of nitrogens with zero attached hydrogens (tertiary/aromatic N) is 2. The van der Waals surface area contributed by atoms with Crippen LogP contribution in [0.4, 0.5) is 4.79 Å². The molecule has 1 fully saturated rings. The van der Waals surface area contributed by atoms with Crippen molar-refractivity contribution in [2.75, 3.05) is 7.11 Å². The molecule has 1 aliphatic rings. The fraction of sp³-hybridized carbons (Fsp3) is 0.167. The summed E-state index contributed by atoms with van der Waals surface area (Å²) in [4.78, 5) is 27.1. The van der Waals surface area contributed by atoms with Gasteiger partial charge in [0.1, 0.15) is 5.75 Å². The predicted octanol–water partition coefficient (Wildman–Crippen LogP) is 6.65. The molecular weight excluding hydrogens is 467 g/mol. The third-order valence-corrected chi connectivity index (χ3v) is 6.93. The van der Waals surface area contributed by atoms with E-state index in [4.69, 9.17) is 27.9 Å². The van der Waals surface area contributed by atoms with E-state index in [1.807, 2.05) is 44.2 Å². The van der Waals surface area contributed by atoms with Crippen molar-refractivity contribution in [3.05, 3.63) is 86.0 Å². The van der Waals surface area contributed by atoms with Gasteiger partial charge >= 0.3 is 0 Å². The van der Waals surface area contributed by atoms with Crippen LogP contribution in [0.2, 0.25) is 10.0 Å². The van der Waals surface area contributed by atoms with Crippen LogP contribution in [0.5, 0.6) is 5.75 Å². The van der Waals surface area contributed by atoms with Gasteiger partial charge < -0.3 is 9.30 Å². The molecule has 0 radical (unpaired) electrons. The van der Waals surface area contributed by atoms with Gasteiger partial charge in [0, 0.05) is 11.4 Å². The first-order valence-corrected chi connectivity index (χ1v) is 11.4. The first-order valence-electron chi connectivity index (χ1n) is 9.81. The number of halogens is 2. The molecule has 0 N–H and O–H groups in total. The molecule has 1 aliphatic heterocycles. The largest absolute Gasteiger partial charge is 0.495 e. The summed E-state index contributed by atoms with van der Waals surface area (Å²) in [5.41, 5.74) is 4.46. The number of amides is 2. The second-order valence-corrected chi connectivity index (χ2v) is 9.16. The molecule has 0 unspecified atom stereocenters. The quantitative estimate of drug-likeness (QED) is 0.379. The van der Waals surface area contributed by atoms with Crippen molar-refractivity contribution in [2.24, 2.45) is 0 Å². The highest BCUT2D eigenvalue weighted by molar-refractivity contribution is 8.18. The average Bonchev–Trinajstić information content (AvgIpc) is 3.19. The Hall–Kier alpha value is -2.67. The van der Waals surface area contributed by atoms with E-state index in [0.29, 0.717) is 15.0 Å². The van der Waals surface area contributed by atoms with Crippen LogP contribution in [0.3, 0.4) is 0 Å². The van der Waals surface area contributed by atoms with Crippen molar-refractivity contribution in [2.45, 2.75) is 20.4 Å². The number of methoxy groups -OCH3 is 1. The summed E-state index contributed by atoms with van der Waals surface area (Å²) in [5.74, 6) is 0.427. The summed E-state index contributed by atoms with van der Waals surface area (Å²) >= 11 is 13.0. The number of thioether (sulfide) groups is 1. The number of imide groups is 1. The molecule has 5 nitrogen and oxygen atoms in total. The van der Waals surface area contributed by atoms with Crippen molar-refractivity contribution >= 4 is 52.2 Å². The molecule has 0 atom stereocenters. The van der Waals surface area contributed by atoms with Crippen molar-refractivity contribution < 1.29 is 14.3 Å². The second kappa shape index (κ2) is 9.06. The highest BCUT2D eigenvalue weighted by Gasteiger charge is 2.35. The molecule has 0 spiro atoms. The number of rotatable bonds is 5. The summed E-state index contributed by atoms with van der Waals surface area (Å²) in [5, 5.41) is 0.496. The molecule has 3 aromatic rings. The van der Waals surface area contributed by atoms with E-state index in [1.165, 1.54) is 4.90 Å². The van der Waals surface area contributed by atoms with Gasteiger partial charge in [-0.15, -0.1) is 0 Å². The summed E-state index contributed by atoms with van der Waals surface area (Å²) < 4.78 is 7.58. The fourth-order valence-corrected chi connectivity index (χ4v) is 4.87. The monoisotopic (exact) mass is 486 g/mol. The Labute approximate surface area is 200 Å². The zero-order valence-electron chi connectivity index (χ0n) is 17.7. The van der Waals surface area contributed by atoms with E-state index >= 15 is 0 Å². The van der Waals surface area contributed by atoms with Crippen LogP contribution in [0.1, 0.15) is 22.5 Å². The minimum atomic E-state index is -0.326. The van der Waals surface area contributed by atoms with E-state index in [2.05, 4.69) is 4.57 Å². The minimum Gasteiger partial charge on any atom is -0.495 e. The van der Waals surface area contributed by atoms with Gasteiger partial charge in [0.2, 0.25) is 0 Å². The van der Waals surface area contributed by atoms with Crippen molar-refractivity contribution in [1.82, 2.24) is 9.47 Å². The van der Waals surface area contributed by atoms with E-state index in [9.17, 15) is 9.59 Å². The fourth-order valence-electron chi connectivity index (χ4n) is 3.72. The summed E-state index contributed by atoms with van der Waals surface area (Å²) in [6.07, 6.45) is 1.77. The lowest BCUT2D eigenvalue weighted by molar-refractivity contribution is -0.123. The molecule has 4 rings (SSSR count). The van der Waals surface area contributed by atoms with Crippen molar-refractivity contribution in [1.29, 1.82) is 0 Å². The molecule has 0 saturated carbocycles. The van der Waals surface area contributed by atoms with Crippen LogP contribution in [0.25, 0.3) is 11.8 Å². The second-order valence-electron chi connectivity index (χ2n) is 7.35. The highest BCUT2D eigenvalue weighted by Crippen LogP contribution is 2.36. The van der Waals surface area contributed by atoms with Crippen LogP contribution in [0.15, 0.2) is 53.4 Å². The molecule has 1 aromatic heterocycles. The number of carbonyl (C=O) groups is 2. The van der Waals surface area contributed by atoms with E-state index in [1.54, 1.807) is 31.4 Å². The maximum absolute atomic E-state index is 13.0. The van der Waals surface area contributed by atoms with Gasteiger partial charge in [-0.25, -0.2) is 0 Å². The van der Waals surface area contributed by atoms with Crippen LogP contribution < -0.4 is 4.74 Å². The number of benzene rings is 2. The number of aromatic nitrogens is 1. The maximum Gasteiger partial charge on any atom is 0.293 e. The van der Waals surface area contributed by atoms with Gasteiger partial charge in [-0.2, -0.15) is 0 Å². The lowest BCUT2D eigenvalue weighted by atomic mass is 10.2. The normalized spacial score (nSPS) is 15.2. The third-order valence-electron chi connectivity index (χ3n) is 5.28. The molecule has 2 aromatic carbocycles. The predicted molar refractivity (Wildman–Crippen MR) is 130 cm³/mol. The maximum atomic E-state index is 13.0. The summed E-state index contributed by atoms with van der Waals surface area (Å²) in [6, 6.07) is 14.8. The molecule has 1 saturated heterocycles. The standard InChI is InChI=1S/C24H20Cl2N2O3S/c1-14-10-17(15(2)28(14)20-6-4-5-7-21(20)31-3)12-22-23(29)27(24(30)32-22)13-16-8-9-18(25)19(26)11-16/h4-12H,13H2,1-3H3/b22-12-. The molecule has 0 aliphatic carbocycles. The molecule has 164 valence electrons. The minimum absolute atomic E-state index is 0.138. The molecule has 2 heterocycles. The zero-order valence-corrected chi connectivity index (χ0v) is 20.0. The lowest BCUT2D eigenvalue weighted by Crippen LogP contribution is -2.27. The number of para-hydroxylation sites is 2. The van der Waals surface area contributed by atoms with Crippen LogP contribution in [-0.2, 0) is 11.3 Å². The first-order chi connectivity index (χ1) is 15.3. The smallest absolute Gasteiger partial charge is 0.293 e. The number of hydrogen-bond donors (Lipinski definition) is 0. The molecule has 2 amide bonds. The van der Waals surface area contributed by atoms with Gasteiger partial charge in [-0.3, -0.25) is 14.5 Å². The zero-order chi connectivity index (χ0) is 23.0. The Kier molecular flexibility index (Phi) is 6.38. The Morgan fingerprint density at radius 1 is 1.03 bits per heavy atom. The molecular formula is C24H20Cl2N2O3S. The van der Waals surface area contributed by atoms with E-state index in [-0.39, 0.29) is 17.7 Å². The van der Waals surface area contributed by atoms with Crippen LogP contribution in [-0.4, -0.2) is 27.7 Å². The van der Waals surface area contributed by atoms with E-state index < -0.39 is 0 Å². The topological polar surface area (TPSA) is 51.5 Å². The summed E-state index contributed by atoms with van der Waals surface area (Å²) in [7, 11) is 1.64. The number of carbonyl (C=O) groups excluding carboxylic acids is 2. The van der Waals surface area contributed by atoms with Crippen LogP contribution in [0, 0.1) is 13.8 Å². The van der Waals surface area contributed by atoms with Gasteiger partial charge in [-0.05, 0) is 73.1 Å². The lowest BCUT2D eigenvalue weighted by Gasteiger charge is -2.13. The molecule has 8 heteroatoms. The van der Waals surface area contributed by atoms with Crippen LogP contribution >= 0.6 is 35.0 Å². The van der Waals surface area contributed by atoms with Crippen molar-refractivity contribution in [3.8, 4) is 11.4 Å². The van der Waals surface area contributed by atoms with E-state index in [0.717, 1.165) is 45.7 Å². The first kappa shape index (κ1) is 22.5. The number of hydrogen-bond acceptors (Lipinski definition) is 4. The average molecular weight is 487 g/mol. The highest BCUT2D eigenvalue weighted by atomic mass is 35.5. The molecule has 0 bridgehead atoms. The number of ether oxygens (including phenoxy) is 1. The Balaban J connectivity index is 1.64. The van der Waals surface area contributed by atoms with Crippen molar-refractivity contribution in [3.63, 3.8) is 0 Å². The van der Waals surface area contributed by atoms with Gasteiger partial charge in [0.05, 0.1) is 34.3 Å². The van der Waals surface area contributed by atoms with Gasteiger partial charge in [-0.1, -0.05) is 41.4 Å². The number of aryl methyl sites for hydroxylation is 1. The van der Waals surface area contributed by atoms with Gasteiger partial charge in [0.15, 0.2) is 0 Å². The van der Waals surface area contributed by atoms with Gasteiger partial charge in [0.25, 0.3) is 11.1 Å².